The Bertz CT molecular complexity index is 283. The minimum Gasteiger partial charge on any atom is -0.496 e. The number of rotatable bonds is 1. The van der Waals surface area contributed by atoms with E-state index in [1.807, 2.05) is 6.07 Å². The molecule has 0 amide bonds. The fraction of sp³-hybridized carbons (Fsp3) is 0.333. The lowest BCUT2D eigenvalue weighted by Gasteiger charge is -2.17. The van der Waals surface area contributed by atoms with Crippen molar-refractivity contribution in [1.82, 2.24) is 0 Å². The summed E-state index contributed by atoms with van der Waals surface area (Å²) in [5.41, 5.74) is 0. The van der Waals surface area contributed by atoms with Gasteiger partial charge in [0.25, 0.3) is 0 Å². The molecule has 0 unspecified atom stereocenters. The maximum absolute atomic E-state index is 5.31. The summed E-state index contributed by atoms with van der Waals surface area (Å²) in [4.78, 5) is 0. The molecule has 0 aliphatic carbocycles. The van der Waals surface area contributed by atoms with Crippen LogP contribution in [0.3, 0.4) is 0 Å². The van der Waals surface area contributed by atoms with Gasteiger partial charge in [-0.15, -0.1) is 0 Å². The maximum Gasteiger partial charge on any atom is 0.173 e. The molecule has 0 atom stereocenters. The van der Waals surface area contributed by atoms with Crippen LogP contribution < -0.4 is 14.2 Å². The number of ether oxygens (including phenoxy) is 3. The molecule has 1 aromatic rings. The fourth-order valence-electron chi connectivity index (χ4n) is 1.08. The van der Waals surface area contributed by atoms with E-state index >= 15 is 0 Å². The predicted molar refractivity (Wildman–Crippen MR) is 42.8 cm³/mol. The van der Waals surface area contributed by atoms with E-state index in [-0.39, 0.29) is 0 Å². The second-order valence-electron chi connectivity index (χ2n) is 2.42. The third-order valence-electron chi connectivity index (χ3n) is 1.65. The van der Waals surface area contributed by atoms with Crippen LogP contribution in [0.2, 0.25) is 0 Å². The van der Waals surface area contributed by atoms with Crippen molar-refractivity contribution in [3.8, 4) is 17.2 Å². The molecule has 0 fully saturated rings. The zero-order valence-corrected chi connectivity index (χ0v) is 6.79. The van der Waals surface area contributed by atoms with Gasteiger partial charge in [0.15, 0.2) is 11.5 Å². The first-order valence-electron chi connectivity index (χ1n) is 3.76. The second-order valence-corrected chi connectivity index (χ2v) is 2.42. The number of fused-ring (bicyclic) bond motifs is 1. The molecule has 1 radical (unpaired) electrons. The Balaban J connectivity index is 2.36. The first-order valence-corrected chi connectivity index (χ1v) is 3.76. The van der Waals surface area contributed by atoms with Gasteiger partial charge in [0, 0.05) is 0 Å². The van der Waals surface area contributed by atoms with Crippen LogP contribution in [0.25, 0.3) is 0 Å². The minimum atomic E-state index is 0.580. The van der Waals surface area contributed by atoms with Crippen LogP contribution in [0, 0.1) is 6.07 Å². The van der Waals surface area contributed by atoms with Crippen LogP contribution >= 0.6 is 0 Å². The van der Waals surface area contributed by atoms with Crippen LogP contribution in [0.15, 0.2) is 12.1 Å². The van der Waals surface area contributed by atoms with E-state index in [1.165, 1.54) is 0 Å². The zero-order chi connectivity index (χ0) is 8.39. The van der Waals surface area contributed by atoms with Gasteiger partial charge in [0.2, 0.25) is 0 Å². The van der Waals surface area contributed by atoms with E-state index < -0.39 is 0 Å². The Morgan fingerprint density at radius 1 is 1.33 bits per heavy atom. The summed E-state index contributed by atoms with van der Waals surface area (Å²) in [7, 11) is 1.60. The van der Waals surface area contributed by atoms with Gasteiger partial charge >= 0.3 is 0 Å². The third kappa shape index (κ3) is 1.18. The number of hydrogen-bond donors (Lipinski definition) is 0. The van der Waals surface area contributed by atoms with Crippen molar-refractivity contribution >= 4 is 0 Å². The Morgan fingerprint density at radius 3 is 3.00 bits per heavy atom. The molecule has 3 heteroatoms. The van der Waals surface area contributed by atoms with Crippen molar-refractivity contribution < 1.29 is 14.2 Å². The molecule has 0 N–H and O–H groups in total. The minimum absolute atomic E-state index is 0.580. The van der Waals surface area contributed by atoms with Gasteiger partial charge < -0.3 is 14.2 Å². The van der Waals surface area contributed by atoms with Crippen LogP contribution in [0.4, 0.5) is 0 Å². The molecule has 1 aromatic carbocycles. The van der Waals surface area contributed by atoms with E-state index in [1.54, 1.807) is 13.2 Å². The number of hydrogen-bond acceptors (Lipinski definition) is 3. The summed E-state index contributed by atoms with van der Waals surface area (Å²) in [6, 6.07) is 6.57. The van der Waals surface area contributed by atoms with E-state index in [0.29, 0.717) is 24.7 Å². The summed E-state index contributed by atoms with van der Waals surface area (Å²) >= 11 is 0. The van der Waals surface area contributed by atoms with Crippen molar-refractivity contribution in [2.45, 2.75) is 0 Å². The SMILES string of the molecule is COc1[c]c2c(cc1)OCCO2. The smallest absolute Gasteiger partial charge is 0.173 e. The summed E-state index contributed by atoms with van der Waals surface area (Å²) in [6.45, 7) is 1.18. The molecule has 0 saturated heterocycles. The van der Waals surface area contributed by atoms with Gasteiger partial charge in [-0.2, -0.15) is 0 Å². The maximum atomic E-state index is 5.31. The molecule has 0 spiro atoms. The van der Waals surface area contributed by atoms with Crippen LogP contribution in [0.5, 0.6) is 17.2 Å². The molecule has 1 heterocycles. The van der Waals surface area contributed by atoms with Crippen molar-refractivity contribution in [2.24, 2.45) is 0 Å². The van der Waals surface area contributed by atoms with Crippen molar-refractivity contribution in [3.05, 3.63) is 18.2 Å². The highest BCUT2D eigenvalue weighted by atomic mass is 16.6. The first kappa shape index (κ1) is 7.28. The third-order valence-corrected chi connectivity index (χ3v) is 1.65. The van der Waals surface area contributed by atoms with Crippen LogP contribution in [0.1, 0.15) is 0 Å². The molecular formula is C9H9O3. The highest BCUT2D eigenvalue weighted by Crippen LogP contribution is 2.32. The average Bonchev–Trinajstić information content (AvgIpc) is 2.17. The molecule has 1 aliphatic heterocycles. The van der Waals surface area contributed by atoms with Gasteiger partial charge in [-0.05, 0) is 12.1 Å². The molecule has 1 aliphatic rings. The molecule has 0 bridgehead atoms. The summed E-state index contributed by atoms with van der Waals surface area (Å²) < 4.78 is 15.6. The Hall–Kier alpha value is -1.38. The van der Waals surface area contributed by atoms with Crippen molar-refractivity contribution in [1.29, 1.82) is 0 Å². The highest BCUT2D eigenvalue weighted by molar-refractivity contribution is 5.44. The zero-order valence-electron chi connectivity index (χ0n) is 6.79. The quantitative estimate of drug-likeness (QED) is 0.627. The van der Waals surface area contributed by atoms with Crippen LogP contribution in [-0.4, -0.2) is 20.3 Å². The summed E-state index contributed by atoms with van der Waals surface area (Å²) in [5, 5.41) is 0. The van der Waals surface area contributed by atoms with E-state index in [0.717, 1.165) is 5.75 Å². The topological polar surface area (TPSA) is 27.7 Å². The van der Waals surface area contributed by atoms with Gasteiger partial charge in [-0.3, -0.25) is 0 Å². The summed E-state index contributed by atoms with van der Waals surface area (Å²) in [5.74, 6) is 2.04. The van der Waals surface area contributed by atoms with Crippen LogP contribution in [-0.2, 0) is 0 Å². The molecular weight excluding hydrogens is 156 g/mol. The largest absolute Gasteiger partial charge is 0.496 e. The molecule has 0 aromatic heterocycles. The van der Waals surface area contributed by atoms with E-state index in [4.69, 9.17) is 14.2 Å². The first-order chi connectivity index (χ1) is 5.90. The molecule has 2 rings (SSSR count). The van der Waals surface area contributed by atoms with E-state index in [2.05, 4.69) is 6.07 Å². The Kier molecular flexibility index (Phi) is 1.78. The lowest BCUT2D eigenvalue weighted by Crippen LogP contribution is -2.15. The number of methoxy groups -OCH3 is 1. The van der Waals surface area contributed by atoms with Crippen molar-refractivity contribution in [3.63, 3.8) is 0 Å². The normalized spacial score (nSPS) is 14.1. The number of benzene rings is 1. The second kappa shape index (κ2) is 2.93. The lowest BCUT2D eigenvalue weighted by atomic mass is 10.3. The van der Waals surface area contributed by atoms with Gasteiger partial charge in [0.1, 0.15) is 19.0 Å². The molecule has 3 nitrogen and oxygen atoms in total. The Labute approximate surface area is 70.9 Å². The van der Waals surface area contributed by atoms with Crippen molar-refractivity contribution in [2.75, 3.05) is 20.3 Å². The molecule has 0 saturated carbocycles. The fourth-order valence-corrected chi connectivity index (χ4v) is 1.08. The van der Waals surface area contributed by atoms with E-state index in [9.17, 15) is 0 Å². The van der Waals surface area contributed by atoms with Gasteiger partial charge in [-0.1, -0.05) is 0 Å². The highest BCUT2D eigenvalue weighted by Gasteiger charge is 2.11. The monoisotopic (exact) mass is 165 g/mol. The van der Waals surface area contributed by atoms with Gasteiger partial charge in [-0.25, -0.2) is 0 Å². The Morgan fingerprint density at radius 2 is 2.17 bits per heavy atom. The average molecular weight is 165 g/mol. The lowest BCUT2D eigenvalue weighted by molar-refractivity contribution is 0.170. The standard InChI is InChI=1S/C9H9O3/c1-10-7-2-3-8-9(6-7)12-5-4-11-8/h2-3H,4-5H2,1H3. The molecule has 63 valence electrons. The summed E-state index contributed by atoms with van der Waals surface area (Å²) in [6.07, 6.45) is 0. The van der Waals surface area contributed by atoms with Gasteiger partial charge in [0.05, 0.1) is 13.2 Å². The molecule has 12 heavy (non-hydrogen) atoms. The predicted octanol–water partition coefficient (Wildman–Crippen LogP) is 1.27.